The lowest BCUT2D eigenvalue weighted by Gasteiger charge is -2.07. The van der Waals surface area contributed by atoms with Gasteiger partial charge in [0.25, 0.3) is 0 Å². The zero-order valence-corrected chi connectivity index (χ0v) is 29.2. The van der Waals surface area contributed by atoms with Crippen molar-refractivity contribution in [1.29, 1.82) is 0 Å². The van der Waals surface area contributed by atoms with Gasteiger partial charge in [0, 0.05) is 51.0 Å². The molecule has 4 heteroatoms. The van der Waals surface area contributed by atoms with Crippen LogP contribution in [0.15, 0.2) is 59.0 Å². The van der Waals surface area contributed by atoms with Gasteiger partial charge in [0.2, 0.25) is 0 Å². The number of nitrogens with zero attached hydrogens (tertiary/aromatic N) is 4. The highest BCUT2D eigenvalue weighted by molar-refractivity contribution is 4.94. The first kappa shape index (κ1) is 38.1. The molecule has 2 aromatic rings. The van der Waals surface area contributed by atoms with Gasteiger partial charge >= 0.3 is 0 Å². The molecule has 2 rings (SSSR count). The maximum Gasteiger partial charge on any atom is 0.0603 e. The van der Waals surface area contributed by atoms with Gasteiger partial charge in [-0.3, -0.25) is 9.98 Å². The second-order valence-corrected chi connectivity index (χ2v) is 13.1. The van der Waals surface area contributed by atoms with Gasteiger partial charge in [-0.05, 0) is 49.9 Å². The van der Waals surface area contributed by atoms with Crippen molar-refractivity contribution in [1.82, 2.24) is 9.13 Å². The Labute approximate surface area is 272 Å². The molecule has 0 saturated carbocycles. The number of unbranched alkanes of at least 4 members (excludes halogenated alkanes) is 21. The molecule has 250 valence electrons. The lowest BCUT2D eigenvalue weighted by atomic mass is 10.1. The fourth-order valence-corrected chi connectivity index (χ4v) is 5.96. The van der Waals surface area contributed by atoms with Crippen LogP contribution in [0.2, 0.25) is 0 Å². The van der Waals surface area contributed by atoms with Crippen LogP contribution in [-0.2, 0) is 13.1 Å². The Bertz CT molecular complexity index is 910. The van der Waals surface area contributed by atoms with Crippen LogP contribution in [0.3, 0.4) is 0 Å². The minimum atomic E-state index is 0.974. The van der Waals surface area contributed by atoms with E-state index in [1.54, 1.807) is 0 Å². The molecule has 0 aliphatic carbocycles. The molecule has 0 fully saturated rings. The quantitative estimate of drug-likeness (QED) is 0.0826. The van der Waals surface area contributed by atoms with E-state index in [-0.39, 0.29) is 0 Å². The maximum absolute atomic E-state index is 4.75. The molecular formula is C40H70N4. The molecule has 2 heterocycles. The van der Waals surface area contributed by atoms with Gasteiger partial charge in [-0.2, -0.15) is 0 Å². The van der Waals surface area contributed by atoms with Crippen molar-refractivity contribution in [3.8, 4) is 0 Å². The molecule has 0 radical (unpaired) electrons. The molecule has 0 aliphatic heterocycles. The predicted octanol–water partition coefficient (Wildman–Crippen LogP) is 11.2. The predicted molar refractivity (Wildman–Crippen MR) is 192 cm³/mol. The number of rotatable bonds is 29. The highest BCUT2D eigenvalue weighted by atomic mass is 14.9. The molecule has 44 heavy (non-hydrogen) atoms. The van der Waals surface area contributed by atoms with Crippen LogP contribution >= 0.6 is 0 Å². The van der Waals surface area contributed by atoms with E-state index in [4.69, 9.17) is 9.98 Å². The van der Waals surface area contributed by atoms with Crippen molar-refractivity contribution >= 4 is 0 Å². The number of hydrogen-bond acceptors (Lipinski definition) is 2. The Morgan fingerprint density at radius 2 is 0.636 bits per heavy atom. The summed E-state index contributed by atoms with van der Waals surface area (Å²) in [4.78, 5) is 9.49. The zero-order valence-electron chi connectivity index (χ0n) is 29.2. The molecule has 4 nitrogen and oxygen atoms in total. The molecule has 0 bridgehead atoms. The Morgan fingerprint density at radius 1 is 0.364 bits per heavy atom. The van der Waals surface area contributed by atoms with Crippen molar-refractivity contribution in [2.45, 2.75) is 181 Å². The third-order valence-electron chi connectivity index (χ3n) is 8.94. The zero-order chi connectivity index (χ0) is 31.2. The summed E-state index contributed by atoms with van der Waals surface area (Å²) in [5, 5.41) is 2.28. The van der Waals surface area contributed by atoms with E-state index >= 15 is 0 Å². The summed E-state index contributed by atoms with van der Waals surface area (Å²) in [6.45, 7) is 8.77. The SMILES string of the molecule is CCCCCCCCN=c1ccn(CCCCCCCCCCCCCCn2ccc(=NCCCCCCCC)cc2)cc1. The summed E-state index contributed by atoms with van der Waals surface area (Å²) >= 11 is 0. The number of pyridine rings is 2. The normalized spacial score (nSPS) is 11.2. The Hall–Kier alpha value is -2.10. The monoisotopic (exact) mass is 607 g/mol. The molecule has 0 aromatic carbocycles. The largest absolute Gasteiger partial charge is 0.354 e. The Morgan fingerprint density at radius 3 is 0.955 bits per heavy atom. The summed E-state index contributed by atoms with van der Waals surface area (Å²) in [6, 6.07) is 8.74. The summed E-state index contributed by atoms with van der Waals surface area (Å²) in [7, 11) is 0. The number of aryl methyl sites for hydroxylation is 2. The van der Waals surface area contributed by atoms with E-state index < -0.39 is 0 Å². The van der Waals surface area contributed by atoms with Gasteiger partial charge in [0.05, 0.1) is 10.7 Å². The molecule has 2 aromatic heterocycles. The Balaban J connectivity index is 1.35. The van der Waals surface area contributed by atoms with Crippen molar-refractivity contribution in [3.05, 3.63) is 59.8 Å². The molecular weight excluding hydrogens is 536 g/mol. The minimum Gasteiger partial charge on any atom is -0.354 e. The molecule has 0 unspecified atom stereocenters. The van der Waals surface area contributed by atoms with Crippen molar-refractivity contribution < 1.29 is 0 Å². The second kappa shape index (κ2) is 28.4. The van der Waals surface area contributed by atoms with Crippen molar-refractivity contribution in [3.63, 3.8) is 0 Å². The molecule has 0 aliphatic rings. The van der Waals surface area contributed by atoms with Crippen LogP contribution in [-0.4, -0.2) is 22.2 Å². The minimum absolute atomic E-state index is 0.974. The van der Waals surface area contributed by atoms with E-state index in [1.165, 1.54) is 154 Å². The van der Waals surface area contributed by atoms with Crippen LogP contribution in [0, 0.1) is 0 Å². The van der Waals surface area contributed by atoms with Gasteiger partial charge in [-0.15, -0.1) is 0 Å². The van der Waals surface area contributed by atoms with Crippen LogP contribution in [0.5, 0.6) is 0 Å². The van der Waals surface area contributed by atoms with Gasteiger partial charge < -0.3 is 9.13 Å². The summed E-state index contributed by atoms with van der Waals surface area (Å²) in [6.07, 6.45) is 41.4. The van der Waals surface area contributed by atoms with E-state index in [0.29, 0.717) is 0 Å². The first-order valence-electron chi connectivity index (χ1n) is 19.1. The van der Waals surface area contributed by atoms with Gasteiger partial charge in [0.15, 0.2) is 0 Å². The first-order valence-corrected chi connectivity index (χ1v) is 19.1. The van der Waals surface area contributed by atoms with Crippen LogP contribution in [0.4, 0.5) is 0 Å². The molecule has 0 saturated heterocycles. The van der Waals surface area contributed by atoms with Crippen LogP contribution in [0.25, 0.3) is 0 Å². The maximum atomic E-state index is 4.75. The standard InChI is InChI=1S/C40H70N4/c1-3-5-7-9-19-23-31-41-39-27-35-43(36-28-39)33-25-21-17-15-13-11-12-14-16-18-22-26-34-44-37-29-40(30-38-44)42-32-24-20-10-8-6-4-2/h27-30,35-38H,3-26,31-34H2,1-2H3. The highest BCUT2D eigenvalue weighted by Crippen LogP contribution is 2.13. The number of hydrogen-bond donors (Lipinski definition) is 0. The fraction of sp³-hybridized carbons (Fsp3) is 0.750. The van der Waals surface area contributed by atoms with E-state index in [9.17, 15) is 0 Å². The third-order valence-corrected chi connectivity index (χ3v) is 8.94. The third kappa shape index (κ3) is 21.6. The van der Waals surface area contributed by atoms with Crippen LogP contribution in [0.1, 0.15) is 168 Å². The molecule has 0 amide bonds. The smallest absolute Gasteiger partial charge is 0.0603 e. The first-order chi connectivity index (χ1) is 21.8. The summed E-state index contributed by atoms with van der Waals surface area (Å²) < 4.78 is 4.65. The highest BCUT2D eigenvalue weighted by Gasteiger charge is 1.96. The second-order valence-electron chi connectivity index (χ2n) is 13.1. The number of aromatic nitrogens is 2. The lowest BCUT2D eigenvalue weighted by molar-refractivity contribution is 0.518. The molecule has 0 N–H and O–H groups in total. The fourth-order valence-electron chi connectivity index (χ4n) is 5.96. The van der Waals surface area contributed by atoms with Crippen LogP contribution < -0.4 is 10.7 Å². The van der Waals surface area contributed by atoms with E-state index in [1.807, 2.05) is 0 Å². The lowest BCUT2D eigenvalue weighted by Crippen LogP contribution is -2.06. The molecule has 0 atom stereocenters. The van der Waals surface area contributed by atoms with Gasteiger partial charge in [-0.25, -0.2) is 0 Å². The summed E-state index contributed by atoms with van der Waals surface area (Å²) in [5.41, 5.74) is 0. The van der Waals surface area contributed by atoms with Crippen molar-refractivity contribution in [2.24, 2.45) is 9.98 Å². The van der Waals surface area contributed by atoms with E-state index in [2.05, 4.69) is 72.0 Å². The van der Waals surface area contributed by atoms with Crippen molar-refractivity contribution in [2.75, 3.05) is 13.1 Å². The average Bonchev–Trinajstić information content (AvgIpc) is 3.05. The molecule has 0 spiro atoms. The average molecular weight is 607 g/mol. The summed E-state index contributed by atoms with van der Waals surface area (Å²) in [5.74, 6) is 0. The topological polar surface area (TPSA) is 34.6 Å². The van der Waals surface area contributed by atoms with Gasteiger partial charge in [0.1, 0.15) is 0 Å². The van der Waals surface area contributed by atoms with E-state index in [0.717, 1.165) is 36.9 Å². The van der Waals surface area contributed by atoms with Gasteiger partial charge in [-0.1, -0.05) is 142 Å². The Kier molecular flexibility index (Phi) is 24.6.